The molecule has 0 saturated heterocycles. The smallest absolute Gasteiger partial charge is 0.352 e. The average Bonchev–Trinajstić information content (AvgIpc) is 2.80. The van der Waals surface area contributed by atoms with Crippen molar-refractivity contribution in [3.63, 3.8) is 0 Å². The first-order valence-corrected chi connectivity index (χ1v) is 4.18. The highest BCUT2D eigenvalue weighted by Gasteiger charge is 2.28. The summed E-state index contributed by atoms with van der Waals surface area (Å²) in [7, 11) is 0. The van der Waals surface area contributed by atoms with E-state index in [-0.39, 0.29) is 18.5 Å². The summed E-state index contributed by atoms with van der Waals surface area (Å²) in [5.41, 5.74) is 1.94. The summed E-state index contributed by atoms with van der Waals surface area (Å²) in [6.45, 7) is -1.66. The zero-order chi connectivity index (χ0) is 10.6. The third kappa shape index (κ3) is 5.76. The van der Waals surface area contributed by atoms with Crippen LogP contribution in [-0.4, -0.2) is 31.3 Å². The zero-order valence-electron chi connectivity index (χ0n) is 7.36. The van der Waals surface area contributed by atoms with Crippen LogP contribution >= 0.6 is 0 Å². The standard InChI is InChI=1S/C7H11F3N2O2/c8-7(9,10)4-14-11-3-6(13)12-5-1-2-5/h5,11H,1-4H2,(H,12,13). The van der Waals surface area contributed by atoms with E-state index in [0.29, 0.717) is 0 Å². The third-order valence-corrected chi connectivity index (χ3v) is 1.51. The second-order valence-electron chi connectivity index (χ2n) is 3.07. The van der Waals surface area contributed by atoms with Crippen LogP contribution < -0.4 is 10.8 Å². The lowest BCUT2D eigenvalue weighted by Crippen LogP contribution is -2.36. The summed E-state index contributed by atoms with van der Waals surface area (Å²) in [5, 5.41) is 2.59. The van der Waals surface area contributed by atoms with E-state index in [1.54, 1.807) is 0 Å². The Bertz CT molecular complexity index is 204. The minimum atomic E-state index is -4.38. The lowest BCUT2D eigenvalue weighted by molar-refractivity contribution is -0.189. The first kappa shape index (κ1) is 11.3. The van der Waals surface area contributed by atoms with Crippen molar-refractivity contribution in [2.75, 3.05) is 13.2 Å². The second-order valence-corrected chi connectivity index (χ2v) is 3.07. The summed E-state index contributed by atoms with van der Waals surface area (Å²) < 4.78 is 34.6. The van der Waals surface area contributed by atoms with Crippen LogP contribution in [0.3, 0.4) is 0 Å². The molecule has 0 aromatic carbocycles. The van der Waals surface area contributed by atoms with Crippen molar-refractivity contribution in [3.05, 3.63) is 0 Å². The lowest BCUT2D eigenvalue weighted by Gasteiger charge is -2.08. The molecule has 0 aromatic heterocycles. The SMILES string of the molecule is O=C(CNOCC(F)(F)F)NC1CC1. The lowest BCUT2D eigenvalue weighted by atomic mass is 10.5. The minimum absolute atomic E-state index is 0.201. The van der Waals surface area contributed by atoms with E-state index in [1.165, 1.54) is 0 Å². The Labute approximate surface area is 78.7 Å². The summed E-state index contributed by atoms with van der Waals surface area (Å²) in [4.78, 5) is 14.9. The van der Waals surface area contributed by atoms with Gasteiger partial charge in [-0.15, -0.1) is 0 Å². The van der Waals surface area contributed by atoms with Gasteiger partial charge in [0.1, 0.15) is 0 Å². The number of rotatable bonds is 5. The first-order chi connectivity index (χ1) is 6.47. The van der Waals surface area contributed by atoms with E-state index in [1.807, 2.05) is 5.48 Å². The molecule has 0 radical (unpaired) electrons. The Balaban J connectivity index is 1.94. The molecule has 1 rings (SSSR count). The molecule has 1 amide bonds. The van der Waals surface area contributed by atoms with E-state index >= 15 is 0 Å². The minimum Gasteiger partial charge on any atom is -0.352 e. The largest absolute Gasteiger partial charge is 0.413 e. The van der Waals surface area contributed by atoms with Crippen molar-refractivity contribution < 1.29 is 22.8 Å². The van der Waals surface area contributed by atoms with Gasteiger partial charge in [0, 0.05) is 6.04 Å². The Morgan fingerprint density at radius 1 is 1.43 bits per heavy atom. The Morgan fingerprint density at radius 2 is 2.07 bits per heavy atom. The van der Waals surface area contributed by atoms with Crippen molar-refractivity contribution in [2.45, 2.75) is 25.1 Å². The van der Waals surface area contributed by atoms with Gasteiger partial charge in [0.2, 0.25) is 5.91 Å². The number of hydroxylamine groups is 1. The van der Waals surface area contributed by atoms with Crippen molar-refractivity contribution in [3.8, 4) is 0 Å². The van der Waals surface area contributed by atoms with Gasteiger partial charge >= 0.3 is 6.18 Å². The predicted molar refractivity (Wildman–Crippen MR) is 41.2 cm³/mol. The molecule has 1 aliphatic carbocycles. The molecule has 0 aromatic rings. The maximum atomic E-state index is 11.5. The Kier molecular flexibility index (Phi) is 3.70. The Hall–Kier alpha value is -0.820. The summed E-state index contributed by atoms with van der Waals surface area (Å²) in [5.74, 6) is -0.352. The second kappa shape index (κ2) is 4.61. The molecule has 1 aliphatic rings. The molecule has 0 aliphatic heterocycles. The molecule has 1 fully saturated rings. The number of hydrogen-bond acceptors (Lipinski definition) is 3. The number of alkyl halides is 3. The Morgan fingerprint density at radius 3 is 2.57 bits per heavy atom. The molecule has 0 bridgehead atoms. The normalized spacial score (nSPS) is 16.8. The first-order valence-electron chi connectivity index (χ1n) is 4.18. The fraction of sp³-hybridized carbons (Fsp3) is 0.857. The number of carbonyl (C=O) groups excluding carboxylic acids is 1. The van der Waals surface area contributed by atoms with E-state index in [2.05, 4.69) is 10.2 Å². The molecular formula is C7H11F3N2O2. The van der Waals surface area contributed by atoms with E-state index in [0.717, 1.165) is 12.8 Å². The van der Waals surface area contributed by atoms with Gasteiger partial charge in [-0.05, 0) is 12.8 Å². The zero-order valence-corrected chi connectivity index (χ0v) is 7.36. The van der Waals surface area contributed by atoms with Crippen LogP contribution in [0.4, 0.5) is 13.2 Å². The average molecular weight is 212 g/mol. The topological polar surface area (TPSA) is 50.4 Å². The molecule has 4 nitrogen and oxygen atoms in total. The van der Waals surface area contributed by atoms with Crippen LogP contribution in [0.1, 0.15) is 12.8 Å². The summed E-state index contributed by atoms with van der Waals surface area (Å²) in [6, 6.07) is 0.201. The number of amides is 1. The third-order valence-electron chi connectivity index (χ3n) is 1.51. The number of carbonyl (C=O) groups is 1. The van der Waals surface area contributed by atoms with Crippen LogP contribution in [0.2, 0.25) is 0 Å². The molecule has 14 heavy (non-hydrogen) atoms. The van der Waals surface area contributed by atoms with Gasteiger partial charge in [-0.3, -0.25) is 9.63 Å². The van der Waals surface area contributed by atoms with E-state index in [4.69, 9.17) is 0 Å². The molecule has 82 valence electrons. The molecule has 0 spiro atoms. The maximum absolute atomic E-state index is 11.5. The fourth-order valence-electron chi connectivity index (χ4n) is 0.756. The molecule has 1 saturated carbocycles. The van der Waals surface area contributed by atoms with Gasteiger partial charge in [0.05, 0.1) is 6.54 Å². The molecule has 2 N–H and O–H groups in total. The van der Waals surface area contributed by atoms with E-state index < -0.39 is 12.8 Å². The quantitative estimate of drug-likeness (QED) is 0.510. The van der Waals surface area contributed by atoms with Crippen molar-refractivity contribution >= 4 is 5.91 Å². The monoisotopic (exact) mass is 212 g/mol. The summed E-state index contributed by atoms with van der Waals surface area (Å²) >= 11 is 0. The molecule has 0 heterocycles. The van der Waals surface area contributed by atoms with Crippen molar-refractivity contribution in [1.29, 1.82) is 0 Å². The van der Waals surface area contributed by atoms with Gasteiger partial charge < -0.3 is 5.32 Å². The van der Waals surface area contributed by atoms with Crippen LogP contribution in [0.15, 0.2) is 0 Å². The highest BCUT2D eigenvalue weighted by atomic mass is 19.4. The van der Waals surface area contributed by atoms with Gasteiger partial charge in [0.25, 0.3) is 0 Å². The number of hydrogen-bond donors (Lipinski definition) is 2. The predicted octanol–water partition coefficient (Wildman–Crippen LogP) is 0.348. The van der Waals surface area contributed by atoms with Gasteiger partial charge in [0.15, 0.2) is 6.61 Å². The maximum Gasteiger partial charge on any atom is 0.413 e. The highest BCUT2D eigenvalue weighted by Crippen LogP contribution is 2.18. The van der Waals surface area contributed by atoms with Crippen LogP contribution in [0, 0.1) is 0 Å². The van der Waals surface area contributed by atoms with Gasteiger partial charge in [-0.1, -0.05) is 0 Å². The summed E-state index contributed by atoms with van der Waals surface area (Å²) in [6.07, 6.45) is -2.50. The van der Waals surface area contributed by atoms with Crippen LogP contribution in [0.25, 0.3) is 0 Å². The molecule has 0 atom stereocenters. The molecule has 7 heteroatoms. The fourth-order valence-corrected chi connectivity index (χ4v) is 0.756. The molecular weight excluding hydrogens is 201 g/mol. The van der Waals surface area contributed by atoms with Crippen LogP contribution in [0.5, 0.6) is 0 Å². The van der Waals surface area contributed by atoms with Gasteiger partial charge in [-0.2, -0.15) is 18.7 Å². The highest BCUT2D eigenvalue weighted by molar-refractivity contribution is 5.78. The number of nitrogens with one attached hydrogen (secondary N) is 2. The van der Waals surface area contributed by atoms with Gasteiger partial charge in [-0.25, -0.2) is 0 Å². The van der Waals surface area contributed by atoms with E-state index in [9.17, 15) is 18.0 Å². The number of halogens is 3. The van der Waals surface area contributed by atoms with Crippen LogP contribution in [-0.2, 0) is 9.63 Å². The van der Waals surface area contributed by atoms with Crippen molar-refractivity contribution in [2.24, 2.45) is 0 Å². The van der Waals surface area contributed by atoms with Crippen molar-refractivity contribution in [1.82, 2.24) is 10.8 Å². The molecule has 0 unspecified atom stereocenters.